The molecule has 8 nitrogen and oxygen atoms in total. The second kappa shape index (κ2) is 11.6. The Morgan fingerprint density at radius 1 is 1.08 bits per heavy atom. The van der Waals surface area contributed by atoms with Crippen LogP contribution in [-0.2, 0) is 10.0 Å². The third-order valence-electron chi connectivity index (χ3n) is 5.72. The summed E-state index contributed by atoms with van der Waals surface area (Å²) in [7, 11) is -0.486. The zero-order chi connectivity index (χ0) is 26.4. The average molecular weight is 537 g/mol. The Morgan fingerprint density at radius 3 is 2.49 bits per heavy atom. The van der Waals surface area contributed by atoms with Gasteiger partial charge in [0.25, 0.3) is 5.91 Å². The van der Waals surface area contributed by atoms with Crippen molar-refractivity contribution in [2.24, 2.45) is 5.10 Å². The number of hydrogen-bond donors (Lipinski definition) is 0. The van der Waals surface area contributed by atoms with Crippen molar-refractivity contribution >= 4 is 48.8 Å². The van der Waals surface area contributed by atoms with Crippen molar-refractivity contribution < 1.29 is 17.9 Å². The highest BCUT2D eigenvalue weighted by molar-refractivity contribution is 7.89. The minimum atomic E-state index is -3.64. The Kier molecular flexibility index (Phi) is 8.32. The molecule has 0 aliphatic carbocycles. The number of carbonyl (C=O) groups excluding carboxylic acids is 1. The number of unbranched alkanes of at least 4 members (excludes halogenated alkanes) is 1. The van der Waals surface area contributed by atoms with Crippen LogP contribution >= 0.6 is 11.3 Å². The number of nitrogens with zero attached hydrogens (tertiary/aromatic N) is 4. The summed E-state index contributed by atoms with van der Waals surface area (Å²) in [4.78, 5) is 18.3. The van der Waals surface area contributed by atoms with Gasteiger partial charge in [-0.1, -0.05) is 55.0 Å². The Hall–Kier alpha value is -3.60. The fourth-order valence-electron chi connectivity index (χ4n) is 3.54. The Morgan fingerprint density at radius 2 is 1.81 bits per heavy atom. The minimum absolute atomic E-state index is 0.133. The number of fused-ring (bicyclic) bond motifs is 1. The van der Waals surface area contributed by atoms with Crippen molar-refractivity contribution in [3.05, 3.63) is 83.9 Å². The maximum atomic E-state index is 13.6. The molecular formula is C27H28N4O4S2. The zero-order valence-electron chi connectivity index (χ0n) is 20.9. The lowest BCUT2D eigenvalue weighted by Crippen LogP contribution is -2.28. The van der Waals surface area contributed by atoms with E-state index in [9.17, 15) is 13.2 Å². The fourth-order valence-corrected chi connectivity index (χ4v) is 5.70. The van der Waals surface area contributed by atoms with Crippen LogP contribution < -0.4 is 9.75 Å². The van der Waals surface area contributed by atoms with E-state index in [2.05, 4.69) is 10.1 Å². The first-order chi connectivity index (χ1) is 17.8. The molecule has 4 rings (SSSR count). The van der Waals surface area contributed by atoms with E-state index in [0.29, 0.717) is 22.9 Å². The van der Waals surface area contributed by atoms with E-state index in [4.69, 9.17) is 4.74 Å². The van der Waals surface area contributed by atoms with Gasteiger partial charge in [-0.05, 0) is 54.4 Å². The monoisotopic (exact) mass is 536 g/mol. The van der Waals surface area contributed by atoms with Crippen LogP contribution in [0.4, 0.5) is 5.13 Å². The molecule has 0 saturated heterocycles. The van der Waals surface area contributed by atoms with Crippen LogP contribution in [0.2, 0.25) is 0 Å². The van der Waals surface area contributed by atoms with Crippen molar-refractivity contribution in [2.75, 3.05) is 25.7 Å². The summed E-state index contributed by atoms with van der Waals surface area (Å²) in [5, 5.41) is 6.08. The number of ether oxygens (including phenoxy) is 1. The summed E-state index contributed by atoms with van der Waals surface area (Å²) in [6.45, 7) is 2.44. The van der Waals surface area contributed by atoms with E-state index in [-0.39, 0.29) is 10.5 Å². The molecule has 1 heterocycles. The molecule has 192 valence electrons. The van der Waals surface area contributed by atoms with Gasteiger partial charge in [0, 0.05) is 19.2 Å². The minimum Gasteiger partial charge on any atom is -0.497 e. The first kappa shape index (κ1) is 26.5. The van der Waals surface area contributed by atoms with Gasteiger partial charge in [-0.25, -0.2) is 17.7 Å². The van der Waals surface area contributed by atoms with Gasteiger partial charge in [0.15, 0.2) is 0 Å². The van der Waals surface area contributed by atoms with Gasteiger partial charge >= 0.3 is 0 Å². The maximum Gasteiger partial charge on any atom is 0.280 e. The van der Waals surface area contributed by atoms with Crippen LogP contribution in [-0.4, -0.2) is 50.5 Å². The van der Waals surface area contributed by atoms with Gasteiger partial charge in [0.05, 0.1) is 28.4 Å². The molecule has 0 N–H and O–H groups in total. The predicted molar refractivity (Wildman–Crippen MR) is 148 cm³/mol. The van der Waals surface area contributed by atoms with Crippen molar-refractivity contribution in [1.82, 2.24) is 9.29 Å². The normalized spacial score (nSPS) is 11.9. The molecule has 0 unspecified atom stereocenters. The number of aromatic nitrogens is 1. The van der Waals surface area contributed by atoms with Crippen LogP contribution in [0.25, 0.3) is 10.2 Å². The van der Waals surface area contributed by atoms with Crippen molar-refractivity contribution in [2.45, 2.75) is 24.7 Å². The van der Waals surface area contributed by atoms with Gasteiger partial charge < -0.3 is 4.74 Å². The third kappa shape index (κ3) is 6.04. The maximum absolute atomic E-state index is 13.6. The Balaban J connectivity index is 1.67. The number of methoxy groups -OCH3 is 1. The van der Waals surface area contributed by atoms with E-state index >= 15 is 0 Å². The van der Waals surface area contributed by atoms with Crippen molar-refractivity contribution in [1.29, 1.82) is 0 Å². The zero-order valence-corrected chi connectivity index (χ0v) is 22.5. The quantitative estimate of drug-likeness (QED) is 0.200. The molecule has 0 aliphatic heterocycles. The number of anilines is 1. The molecule has 0 bridgehead atoms. The molecule has 1 aromatic heterocycles. The summed E-state index contributed by atoms with van der Waals surface area (Å²) in [6.07, 6.45) is 3.26. The highest BCUT2D eigenvalue weighted by atomic mass is 32.2. The van der Waals surface area contributed by atoms with E-state index in [0.717, 1.165) is 23.1 Å². The summed E-state index contributed by atoms with van der Waals surface area (Å²) >= 11 is 1.31. The predicted octanol–water partition coefficient (Wildman–Crippen LogP) is 5.41. The lowest BCUT2D eigenvalue weighted by Gasteiger charge is -2.17. The smallest absolute Gasteiger partial charge is 0.280 e. The largest absolute Gasteiger partial charge is 0.497 e. The number of hydrogen-bond acceptors (Lipinski definition) is 7. The molecule has 37 heavy (non-hydrogen) atoms. The van der Waals surface area contributed by atoms with Gasteiger partial charge in [-0.15, -0.1) is 0 Å². The van der Waals surface area contributed by atoms with Crippen LogP contribution in [0, 0.1) is 0 Å². The number of hydrazone groups is 1. The molecule has 0 aliphatic rings. The number of amides is 1. The molecule has 1 amide bonds. The first-order valence-corrected chi connectivity index (χ1v) is 14.0. The van der Waals surface area contributed by atoms with Gasteiger partial charge in [-0.3, -0.25) is 4.79 Å². The summed E-state index contributed by atoms with van der Waals surface area (Å²) in [5.74, 6) is 0.260. The molecule has 3 aromatic carbocycles. The number of benzene rings is 3. The topological polar surface area (TPSA) is 92.2 Å². The summed E-state index contributed by atoms with van der Waals surface area (Å²) in [6, 6.07) is 20.8. The Bertz CT molecular complexity index is 1500. The average Bonchev–Trinajstić information content (AvgIpc) is 3.35. The fraction of sp³-hybridized carbons (Fsp3) is 0.222. The molecular weight excluding hydrogens is 508 g/mol. The van der Waals surface area contributed by atoms with E-state index in [1.165, 1.54) is 44.9 Å². The van der Waals surface area contributed by atoms with Gasteiger partial charge in [0.2, 0.25) is 15.2 Å². The SMILES string of the molecule is CCCCN(C)S(=O)(=O)c1ccc(C(=O)N(/N=C/c2ccccc2)c2nc3ccc(OC)cc3s2)cc1. The van der Waals surface area contributed by atoms with Crippen molar-refractivity contribution in [3.8, 4) is 5.75 Å². The molecule has 0 atom stereocenters. The highest BCUT2D eigenvalue weighted by Crippen LogP contribution is 2.32. The van der Waals surface area contributed by atoms with E-state index in [1.54, 1.807) is 20.4 Å². The molecule has 4 aromatic rings. The second-order valence-corrected chi connectivity index (χ2v) is 11.4. The summed E-state index contributed by atoms with van der Waals surface area (Å²) < 4.78 is 33.2. The van der Waals surface area contributed by atoms with Crippen LogP contribution in [0.15, 0.2) is 82.8 Å². The molecule has 0 spiro atoms. The summed E-state index contributed by atoms with van der Waals surface area (Å²) in [5.41, 5.74) is 1.82. The second-order valence-electron chi connectivity index (χ2n) is 8.31. The van der Waals surface area contributed by atoms with Crippen molar-refractivity contribution in [3.63, 3.8) is 0 Å². The third-order valence-corrected chi connectivity index (χ3v) is 8.58. The number of sulfonamides is 1. The molecule has 0 fully saturated rings. The van der Waals surface area contributed by atoms with Crippen LogP contribution in [0.3, 0.4) is 0 Å². The van der Waals surface area contributed by atoms with Crippen LogP contribution in [0.5, 0.6) is 5.75 Å². The van der Waals surface area contributed by atoms with Gasteiger partial charge in [0.1, 0.15) is 5.75 Å². The Labute approximate surface area is 220 Å². The molecule has 0 radical (unpaired) electrons. The lowest BCUT2D eigenvalue weighted by molar-refractivity contribution is 0.0987. The standard InChI is InChI=1S/C27H28N4O4S2/c1-4-5-17-30(2)37(33,34)23-14-11-21(12-15-23)26(32)31(28-19-20-9-7-6-8-10-20)27-29-24-16-13-22(35-3)18-25(24)36-27/h6-16,18-19H,4-5,17H2,1-3H3/b28-19+. The number of carbonyl (C=O) groups is 1. The number of rotatable bonds is 10. The van der Waals surface area contributed by atoms with Gasteiger partial charge in [-0.2, -0.15) is 10.1 Å². The van der Waals surface area contributed by atoms with Crippen LogP contribution in [0.1, 0.15) is 35.7 Å². The molecule has 0 saturated carbocycles. The highest BCUT2D eigenvalue weighted by Gasteiger charge is 2.24. The first-order valence-electron chi connectivity index (χ1n) is 11.8. The van der Waals surface area contributed by atoms with E-state index < -0.39 is 15.9 Å². The lowest BCUT2D eigenvalue weighted by atomic mass is 10.2. The number of thiazole rings is 1. The molecule has 10 heteroatoms. The van der Waals surface area contributed by atoms with E-state index in [1.807, 2.05) is 55.5 Å².